The number of halogens is 3. The zero-order valence-electron chi connectivity index (χ0n) is 13.2. The topological polar surface area (TPSA) is 26.3 Å². The van der Waals surface area contributed by atoms with Crippen LogP contribution >= 0.6 is 0 Å². The molecule has 0 saturated carbocycles. The van der Waals surface area contributed by atoms with Gasteiger partial charge in [-0.05, 0) is 46.0 Å². The van der Waals surface area contributed by atoms with E-state index in [9.17, 15) is 18.0 Å². The molecule has 0 fully saturated rings. The molecule has 0 aromatic rings. The number of alkyl halides is 3. The van der Waals surface area contributed by atoms with Gasteiger partial charge in [0.15, 0.2) is 0 Å². The zero-order chi connectivity index (χ0) is 16.0. The first-order chi connectivity index (χ1) is 9.02. The minimum Gasteiger partial charge on any atom is -0.459 e. The van der Waals surface area contributed by atoms with Gasteiger partial charge in [0, 0.05) is 6.42 Å². The first kappa shape index (κ1) is 19.3. The summed E-state index contributed by atoms with van der Waals surface area (Å²) in [6.07, 6.45) is -3.03. The molecule has 0 aromatic heterocycles. The van der Waals surface area contributed by atoms with Crippen LogP contribution < -0.4 is 0 Å². The lowest BCUT2D eigenvalue weighted by molar-refractivity contribution is -0.174. The highest BCUT2D eigenvalue weighted by molar-refractivity contribution is 5.76. The molecule has 0 N–H and O–H groups in total. The minimum atomic E-state index is -4.15. The summed E-state index contributed by atoms with van der Waals surface area (Å²) in [5.41, 5.74) is -1.37. The van der Waals surface area contributed by atoms with Crippen LogP contribution in [0.15, 0.2) is 0 Å². The summed E-state index contributed by atoms with van der Waals surface area (Å²) in [7, 11) is 0. The van der Waals surface area contributed by atoms with E-state index in [1.54, 1.807) is 13.8 Å². The molecule has 20 heavy (non-hydrogen) atoms. The summed E-state index contributed by atoms with van der Waals surface area (Å²) < 4.78 is 42.3. The van der Waals surface area contributed by atoms with Crippen molar-refractivity contribution in [2.24, 2.45) is 5.41 Å². The van der Waals surface area contributed by atoms with E-state index in [0.29, 0.717) is 19.3 Å². The number of carbonyl (C=O) groups is 1. The number of hydrogen-bond acceptors (Lipinski definition) is 2. The second-order valence-corrected chi connectivity index (χ2v) is 5.99. The van der Waals surface area contributed by atoms with Crippen molar-refractivity contribution in [2.75, 3.05) is 0 Å². The van der Waals surface area contributed by atoms with Crippen molar-refractivity contribution in [1.82, 2.24) is 0 Å². The lowest BCUT2D eigenvalue weighted by Gasteiger charge is -2.35. The summed E-state index contributed by atoms with van der Waals surface area (Å²) in [6, 6.07) is 0. The lowest BCUT2D eigenvalue weighted by atomic mass is 9.87. The average Bonchev–Trinajstić information content (AvgIpc) is 2.35. The number of esters is 1. The van der Waals surface area contributed by atoms with Gasteiger partial charge < -0.3 is 4.74 Å². The van der Waals surface area contributed by atoms with Crippen LogP contribution in [0.5, 0.6) is 0 Å². The first-order valence-corrected chi connectivity index (χ1v) is 7.32. The van der Waals surface area contributed by atoms with E-state index < -0.39 is 23.6 Å². The third-order valence-electron chi connectivity index (χ3n) is 4.13. The maximum atomic E-state index is 12.2. The lowest BCUT2D eigenvalue weighted by Crippen LogP contribution is -2.39. The van der Waals surface area contributed by atoms with Crippen molar-refractivity contribution in [3.8, 4) is 0 Å². The average molecular weight is 296 g/mol. The summed E-state index contributed by atoms with van der Waals surface area (Å²) in [4.78, 5) is 12.1. The van der Waals surface area contributed by atoms with Gasteiger partial charge in [-0.25, -0.2) is 0 Å². The largest absolute Gasteiger partial charge is 0.459 e. The molecule has 0 heterocycles. The molecule has 0 bridgehead atoms. The third-order valence-corrected chi connectivity index (χ3v) is 4.13. The van der Waals surface area contributed by atoms with Crippen LogP contribution in [0.1, 0.15) is 73.1 Å². The predicted molar refractivity (Wildman–Crippen MR) is 73.4 cm³/mol. The molecule has 0 rings (SSSR count). The Hall–Kier alpha value is -0.740. The zero-order valence-corrected chi connectivity index (χ0v) is 13.2. The molecular formula is C15H27F3O2. The Morgan fingerprint density at radius 2 is 1.45 bits per heavy atom. The van der Waals surface area contributed by atoms with Gasteiger partial charge in [0.05, 0.1) is 5.41 Å². The van der Waals surface area contributed by atoms with Crippen molar-refractivity contribution in [3.63, 3.8) is 0 Å². The van der Waals surface area contributed by atoms with Gasteiger partial charge in [-0.2, -0.15) is 13.2 Å². The molecule has 2 nitrogen and oxygen atoms in total. The van der Waals surface area contributed by atoms with Crippen LogP contribution in [0.2, 0.25) is 0 Å². The highest BCUT2D eigenvalue weighted by Crippen LogP contribution is 2.33. The van der Waals surface area contributed by atoms with E-state index in [2.05, 4.69) is 0 Å². The van der Waals surface area contributed by atoms with Gasteiger partial charge in [-0.1, -0.05) is 20.8 Å². The molecule has 0 spiro atoms. The van der Waals surface area contributed by atoms with Gasteiger partial charge in [0.2, 0.25) is 0 Å². The van der Waals surface area contributed by atoms with Crippen molar-refractivity contribution < 1.29 is 22.7 Å². The van der Waals surface area contributed by atoms with Gasteiger partial charge in [0.1, 0.15) is 5.60 Å². The Morgan fingerprint density at radius 3 is 1.80 bits per heavy atom. The molecule has 120 valence electrons. The fourth-order valence-corrected chi connectivity index (χ4v) is 1.89. The van der Waals surface area contributed by atoms with E-state index in [-0.39, 0.29) is 18.8 Å². The smallest absolute Gasteiger partial charge is 0.389 e. The molecule has 0 unspecified atom stereocenters. The molecular weight excluding hydrogens is 269 g/mol. The molecule has 0 amide bonds. The van der Waals surface area contributed by atoms with Crippen LogP contribution in [0.3, 0.4) is 0 Å². The quantitative estimate of drug-likeness (QED) is 0.571. The molecule has 0 aromatic carbocycles. The number of rotatable bonds is 8. The van der Waals surface area contributed by atoms with Gasteiger partial charge >= 0.3 is 12.1 Å². The minimum absolute atomic E-state index is 0.00892. The van der Waals surface area contributed by atoms with Crippen LogP contribution in [-0.4, -0.2) is 17.7 Å². The molecule has 0 aliphatic carbocycles. The molecule has 0 atom stereocenters. The first-order valence-electron chi connectivity index (χ1n) is 7.32. The Balaban J connectivity index is 4.72. The molecule has 0 aliphatic rings. The standard InChI is InChI=1S/C15H27F3O2/c1-6-13(4,5)12(19)20-14(7-2,8-3)10-9-11-15(16,17)18/h6-11H2,1-5H3. The van der Waals surface area contributed by atoms with Crippen molar-refractivity contribution in [3.05, 3.63) is 0 Å². The van der Waals surface area contributed by atoms with E-state index in [4.69, 9.17) is 4.74 Å². The second kappa shape index (κ2) is 7.32. The normalized spacial score (nSPS) is 13.4. The summed E-state index contributed by atoms with van der Waals surface area (Å²) in [5, 5.41) is 0. The van der Waals surface area contributed by atoms with E-state index >= 15 is 0 Å². The third kappa shape index (κ3) is 6.14. The Kier molecular flexibility index (Phi) is 7.05. The molecule has 5 heteroatoms. The Bertz CT molecular complexity index is 305. The number of hydrogen-bond donors (Lipinski definition) is 0. The van der Waals surface area contributed by atoms with E-state index in [1.165, 1.54) is 0 Å². The maximum Gasteiger partial charge on any atom is 0.389 e. The van der Waals surface area contributed by atoms with Gasteiger partial charge in [0.25, 0.3) is 0 Å². The summed E-state index contributed by atoms with van der Waals surface area (Å²) in [6.45, 7) is 9.18. The Labute approximate surface area is 120 Å². The summed E-state index contributed by atoms with van der Waals surface area (Å²) >= 11 is 0. The van der Waals surface area contributed by atoms with E-state index in [0.717, 1.165) is 0 Å². The van der Waals surface area contributed by atoms with Gasteiger partial charge in [-0.15, -0.1) is 0 Å². The number of carbonyl (C=O) groups excluding carboxylic acids is 1. The van der Waals surface area contributed by atoms with Crippen molar-refractivity contribution in [2.45, 2.75) is 84.9 Å². The molecule has 0 aliphatic heterocycles. The summed E-state index contributed by atoms with van der Waals surface area (Å²) in [5.74, 6) is -0.323. The van der Waals surface area contributed by atoms with Crippen molar-refractivity contribution in [1.29, 1.82) is 0 Å². The predicted octanol–water partition coefficient (Wildman–Crippen LogP) is 5.26. The maximum absolute atomic E-state index is 12.2. The second-order valence-electron chi connectivity index (χ2n) is 5.99. The monoisotopic (exact) mass is 296 g/mol. The van der Waals surface area contributed by atoms with Crippen molar-refractivity contribution >= 4 is 5.97 Å². The SMILES string of the molecule is CCC(CC)(CCCC(F)(F)F)OC(=O)C(C)(C)CC. The van der Waals surface area contributed by atoms with Crippen LogP contribution in [-0.2, 0) is 9.53 Å². The number of ether oxygens (including phenoxy) is 1. The van der Waals surface area contributed by atoms with Crippen LogP contribution in [0.4, 0.5) is 13.2 Å². The van der Waals surface area contributed by atoms with Crippen LogP contribution in [0.25, 0.3) is 0 Å². The van der Waals surface area contributed by atoms with Crippen LogP contribution in [0, 0.1) is 5.41 Å². The highest BCUT2D eigenvalue weighted by atomic mass is 19.4. The molecule has 0 saturated heterocycles. The fourth-order valence-electron chi connectivity index (χ4n) is 1.89. The fraction of sp³-hybridized carbons (Fsp3) is 0.933. The van der Waals surface area contributed by atoms with Gasteiger partial charge in [-0.3, -0.25) is 4.79 Å². The molecule has 0 radical (unpaired) electrons. The highest BCUT2D eigenvalue weighted by Gasteiger charge is 2.37. The Morgan fingerprint density at radius 1 is 0.950 bits per heavy atom. The van der Waals surface area contributed by atoms with E-state index in [1.807, 2.05) is 20.8 Å².